The van der Waals surface area contributed by atoms with E-state index in [1.165, 1.54) is 36.4 Å². The Kier molecular flexibility index (Phi) is 7.04. The third-order valence-electron chi connectivity index (χ3n) is 5.22. The van der Waals surface area contributed by atoms with E-state index < -0.39 is 10.9 Å². The van der Waals surface area contributed by atoms with E-state index in [2.05, 4.69) is 0 Å². The number of non-ortho nitro benzene ring substituents is 1. The molecule has 10 nitrogen and oxygen atoms in total. The number of nitrogens with zero attached hydrogens (tertiary/aromatic N) is 3. The molecule has 1 saturated heterocycles. The predicted molar refractivity (Wildman–Crippen MR) is 114 cm³/mol. The van der Waals surface area contributed by atoms with Crippen LogP contribution in [0, 0.1) is 17.0 Å². The van der Waals surface area contributed by atoms with Crippen LogP contribution in [0.1, 0.15) is 32.7 Å². The Bertz CT molecular complexity index is 1050. The Labute approximate surface area is 184 Å². The minimum atomic E-state index is -1.10. The third kappa shape index (κ3) is 5.39. The van der Waals surface area contributed by atoms with Crippen molar-refractivity contribution in [2.75, 3.05) is 32.8 Å². The molecule has 1 aliphatic heterocycles. The van der Waals surface area contributed by atoms with Gasteiger partial charge in [-0.2, -0.15) is 0 Å². The second kappa shape index (κ2) is 9.90. The summed E-state index contributed by atoms with van der Waals surface area (Å²) in [5.41, 5.74) is 0.947. The number of hydrogen-bond acceptors (Lipinski definition) is 6. The van der Waals surface area contributed by atoms with Crippen molar-refractivity contribution in [3.63, 3.8) is 0 Å². The number of ether oxygens (including phenoxy) is 1. The van der Waals surface area contributed by atoms with Crippen LogP contribution in [0.3, 0.4) is 0 Å². The number of benzene rings is 2. The van der Waals surface area contributed by atoms with Crippen LogP contribution in [-0.4, -0.2) is 70.4 Å². The Morgan fingerprint density at radius 1 is 1.03 bits per heavy atom. The molecule has 32 heavy (non-hydrogen) atoms. The molecule has 1 heterocycles. The Hall–Kier alpha value is -3.95. The fourth-order valence-electron chi connectivity index (χ4n) is 3.44. The predicted octanol–water partition coefficient (Wildman–Crippen LogP) is 2.35. The van der Waals surface area contributed by atoms with Gasteiger partial charge in [-0.3, -0.25) is 19.7 Å². The first-order valence-electron chi connectivity index (χ1n) is 10.0. The number of carboxylic acids is 1. The van der Waals surface area contributed by atoms with Gasteiger partial charge in [-0.25, -0.2) is 4.79 Å². The summed E-state index contributed by atoms with van der Waals surface area (Å²) in [4.78, 5) is 49.8. The minimum Gasteiger partial charge on any atom is -0.493 e. The number of hydrogen-bond donors (Lipinski definition) is 1. The Balaban J connectivity index is 1.47. The number of carbonyl (C=O) groups is 3. The van der Waals surface area contributed by atoms with Crippen molar-refractivity contribution in [2.24, 2.45) is 0 Å². The summed E-state index contributed by atoms with van der Waals surface area (Å²) in [5, 5.41) is 19.9. The highest BCUT2D eigenvalue weighted by atomic mass is 16.6. The lowest BCUT2D eigenvalue weighted by Gasteiger charge is -2.35. The molecule has 168 valence electrons. The molecule has 0 spiro atoms. The number of piperazine rings is 1. The van der Waals surface area contributed by atoms with E-state index >= 15 is 0 Å². The van der Waals surface area contributed by atoms with Crippen molar-refractivity contribution in [3.05, 3.63) is 69.3 Å². The number of rotatable bonds is 7. The van der Waals surface area contributed by atoms with Crippen LogP contribution in [0.25, 0.3) is 0 Å². The lowest BCUT2D eigenvalue weighted by molar-refractivity contribution is -0.384. The highest BCUT2D eigenvalue weighted by molar-refractivity contribution is 5.97. The van der Waals surface area contributed by atoms with Gasteiger partial charge in [0.25, 0.3) is 11.6 Å². The number of carbonyl (C=O) groups excluding carboxylic acids is 2. The van der Waals surface area contributed by atoms with Crippen LogP contribution >= 0.6 is 0 Å². The molecular weight excluding hydrogens is 418 g/mol. The largest absolute Gasteiger partial charge is 0.493 e. The molecule has 0 atom stereocenters. The van der Waals surface area contributed by atoms with E-state index in [0.29, 0.717) is 43.1 Å². The molecule has 2 amide bonds. The monoisotopic (exact) mass is 441 g/mol. The van der Waals surface area contributed by atoms with E-state index in [-0.39, 0.29) is 36.1 Å². The molecular formula is C22H23N3O7. The zero-order valence-corrected chi connectivity index (χ0v) is 17.5. The number of carboxylic acid groups (broad SMARTS) is 1. The van der Waals surface area contributed by atoms with Crippen molar-refractivity contribution in [1.82, 2.24) is 9.80 Å². The molecule has 0 unspecified atom stereocenters. The molecule has 0 aliphatic carbocycles. The molecule has 0 bridgehead atoms. The van der Waals surface area contributed by atoms with Gasteiger partial charge in [-0.05, 0) is 36.8 Å². The average molecular weight is 441 g/mol. The number of amides is 2. The standard InChI is InChI=1S/C22H23N3O7/c1-15-13-18(25(30)31)5-6-19(15)32-12-7-20(26)23-8-10-24(11-9-23)21(27)16-3-2-4-17(14-16)22(28)29/h2-6,13-14H,7-12H2,1H3,(H,28,29). The number of aryl methyl sites for hydroxylation is 1. The normalized spacial score (nSPS) is 13.5. The van der Waals surface area contributed by atoms with E-state index in [0.717, 1.165) is 0 Å². The lowest BCUT2D eigenvalue weighted by atomic mass is 10.1. The van der Waals surface area contributed by atoms with E-state index in [1.807, 2.05) is 0 Å². The Morgan fingerprint density at radius 2 is 1.69 bits per heavy atom. The summed E-state index contributed by atoms with van der Waals surface area (Å²) in [7, 11) is 0. The second-order valence-corrected chi connectivity index (χ2v) is 7.36. The summed E-state index contributed by atoms with van der Waals surface area (Å²) in [6, 6.07) is 10.2. The van der Waals surface area contributed by atoms with Gasteiger partial charge >= 0.3 is 5.97 Å². The van der Waals surface area contributed by atoms with E-state index in [1.54, 1.807) is 22.8 Å². The molecule has 1 fully saturated rings. The zero-order chi connectivity index (χ0) is 23.3. The topological polar surface area (TPSA) is 130 Å². The lowest BCUT2D eigenvalue weighted by Crippen LogP contribution is -2.50. The summed E-state index contributed by atoms with van der Waals surface area (Å²) in [6.45, 7) is 3.29. The van der Waals surface area contributed by atoms with Crippen molar-refractivity contribution >= 4 is 23.5 Å². The fraction of sp³-hybridized carbons (Fsp3) is 0.318. The molecule has 2 aromatic carbocycles. The van der Waals surface area contributed by atoms with Gasteiger partial charge in [0, 0.05) is 43.9 Å². The van der Waals surface area contributed by atoms with Gasteiger partial charge in [-0.15, -0.1) is 0 Å². The first-order chi connectivity index (χ1) is 15.3. The fourth-order valence-corrected chi connectivity index (χ4v) is 3.44. The summed E-state index contributed by atoms with van der Waals surface area (Å²) < 4.78 is 5.60. The zero-order valence-electron chi connectivity index (χ0n) is 17.5. The van der Waals surface area contributed by atoms with Gasteiger partial charge < -0.3 is 19.6 Å². The molecule has 0 aromatic heterocycles. The maximum Gasteiger partial charge on any atom is 0.335 e. The minimum absolute atomic E-state index is 0.0203. The third-order valence-corrected chi connectivity index (χ3v) is 5.22. The quantitative estimate of drug-likeness (QED) is 0.515. The summed E-state index contributed by atoms with van der Waals surface area (Å²) in [6.07, 6.45) is 0.144. The highest BCUT2D eigenvalue weighted by Gasteiger charge is 2.25. The van der Waals surface area contributed by atoms with Crippen molar-refractivity contribution < 1.29 is 29.2 Å². The van der Waals surface area contributed by atoms with Crippen LogP contribution in [0.2, 0.25) is 0 Å². The molecule has 3 rings (SSSR count). The molecule has 1 N–H and O–H groups in total. The molecule has 0 saturated carbocycles. The van der Waals surface area contributed by atoms with Gasteiger partial charge in [-0.1, -0.05) is 6.07 Å². The maximum absolute atomic E-state index is 12.6. The van der Waals surface area contributed by atoms with Crippen molar-refractivity contribution in [3.8, 4) is 5.75 Å². The van der Waals surface area contributed by atoms with Gasteiger partial charge in [0.15, 0.2) is 0 Å². The average Bonchev–Trinajstić information content (AvgIpc) is 2.79. The molecule has 0 radical (unpaired) electrons. The maximum atomic E-state index is 12.6. The number of nitro groups is 1. The SMILES string of the molecule is Cc1cc([N+](=O)[O-])ccc1OCCC(=O)N1CCN(C(=O)c2cccc(C(=O)O)c2)CC1. The van der Waals surface area contributed by atoms with Crippen molar-refractivity contribution in [1.29, 1.82) is 0 Å². The molecule has 2 aromatic rings. The van der Waals surface area contributed by atoms with Crippen LogP contribution < -0.4 is 4.74 Å². The number of aromatic carboxylic acids is 1. The van der Waals surface area contributed by atoms with E-state index in [9.17, 15) is 24.5 Å². The van der Waals surface area contributed by atoms with E-state index in [4.69, 9.17) is 9.84 Å². The summed E-state index contributed by atoms with van der Waals surface area (Å²) in [5.74, 6) is -0.981. The van der Waals surface area contributed by atoms with Gasteiger partial charge in [0.2, 0.25) is 5.91 Å². The molecule has 10 heteroatoms. The first-order valence-corrected chi connectivity index (χ1v) is 10.0. The smallest absolute Gasteiger partial charge is 0.335 e. The highest BCUT2D eigenvalue weighted by Crippen LogP contribution is 2.23. The Morgan fingerprint density at radius 3 is 2.31 bits per heavy atom. The van der Waals surface area contributed by atoms with Crippen LogP contribution in [0.4, 0.5) is 5.69 Å². The summed E-state index contributed by atoms with van der Waals surface area (Å²) >= 11 is 0. The van der Waals surface area contributed by atoms with Crippen molar-refractivity contribution in [2.45, 2.75) is 13.3 Å². The molecule has 1 aliphatic rings. The number of nitro benzene ring substituents is 1. The second-order valence-electron chi connectivity index (χ2n) is 7.36. The van der Waals surface area contributed by atoms with Crippen LogP contribution in [-0.2, 0) is 4.79 Å². The van der Waals surface area contributed by atoms with Gasteiger partial charge in [0.1, 0.15) is 5.75 Å². The first kappa shape index (κ1) is 22.7. The van der Waals surface area contributed by atoms with Crippen LogP contribution in [0.5, 0.6) is 5.75 Å². The van der Waals surface area contributed by atoms with Crippen LogP contribution in [0.15, 0.2) is 42.5 Å². The van der Waals surface area contributed by atoms with Gasteiger partial charge in [0.05, 0.1) is 23.5 Å².